The molecule has 3 N–H and O–H groups in total. The van der Waals surface area contributed by atoms with Gasteiger partial charge in [0, 0.05) is 30.8 Å². The van der Waals surface area contributed by atoms with Crippen LogP contribution in [0.2, 0.25) is 0 Å². The molecule has 7 nitrogen and oxygen atoms in total. The van der Waals surface area contributed by atoms with Crippen LogP contribution in [0.1, 0.15) is 45.5 Å². The van der Waals surface area contributed by atoms with Gasteiger partial charge in [0.25, 0.3) is 11.8 Å². The van der Waals surface area contributed by atoms with Gasteiger partial charge in [0.15, 0.2) is 0 Å². The Kier molecular flexibility index (Phi) is 6.11. The Balaban J connectivity index is 1.57. The molecule has 0 unspecified atom stereocenters. The fourth-order valence-corrected chi connectivity index (χ4v) is 3.64. The highest BCUT2D eigenvalue weighted by molar-refractivity contribution is 7.89. The lowest BCUT2D eigenvalue weighted by atomic mass is 10.1. The van der Waals surface area contributed by atoms with Crippen LogP contribution in [0.3, 0.4) is 0 Å². The second kappa shape index (κ2) is 8.53. The number of carbonyl (C=O) groups is 2. The van der Waals surface area contributed by atoms with Crippen molar-refractivity contribution in [3.05, 3.63) is 65.2 Å². The number of nitrogens with one attached hydrogen (secondary N) is 1. The number of piperidine rings is 1. The summed E-state index contributed by atoms with van der Waals surface area (Å²) < 4.78 is 22.5. The van der Waals surface area contributed by atoms with Crippen molar-refractivity contribution in [1.82, 2.24) is 10.2 Å². The van der Waals surface area contributed by atoms with E-state index < -0.39 is 10.0 Å². The maximum absolute atomic E-state index is 12.5. The molecular weight excluding hydrogens is 378 g/mol. The Bertz CT molecular complexity index is 948. The highest BCUT2D eigenvalue weighted by Gasteiger charge is 2.18. The second-order valence-corrected chi connectivity index (χ2v) is 8.36. The normalized spacial score (nSPS) is 14.5. The van der Waals surface area contributed by atoms with Gasteiger partial charge in [0.05, 0.1) is 4.90 Å². The minimum atomic E-state index is -3.78. The molecule has 1 fully saturated rings. The highest BCUT2D eigenvalue weighted by Crippen LogP contribution is 2.14. The third-order valence-corrected chi connectivity index (χ3v) is 5.67. The van der Waals surface area contributed by atoms with Crippen molar-refractivity contribution < 1.29 is 18.0 Å². The SMILES string of the molecule is NS(=O)(=O)c1ccc(C(=O)NCc2ccc(C(=O)N3CCCCC3)cc2)cc1. The van der Waals surface area contributed by atoms with E-state index in [0.717, 1.165) is 31.5 Å². The van der Waals surface area contributed by atoms with Crippen LogP contribution in [-0.4, -0.2) is 38.2 Å². The van der Waals surface area contributed by atoms with E-state index in [2.05, 4.69) is 5.32 Å². The number of sulfonamides is 1. The minimum Gasteiger partial charge on any atom is -0.348 e. The zero-order chi connectivity index (χ0) is 20.1. The van der Waals surface area contributed by atoms with Crippen molar-refractivity contribution in [2.45, 2.75) is 30.7 Å². The van der Waals surface area contributed by atoms with E-state index in [-0.39, 0.29) is 16.7 Å². The van der Waals surface area contributed by atoms with Gasteiger partial charge in [-0.05, 0) is 61.2 Å². The topological polar surface area (TPSA) is 110 Å². The van der Waals surface area contributed by atoms with E-state index >= 15 is 0 Å². The van der Waals surface area contributed by atoms with Gasteiger partial charge >= 0.3 is 0 Å². The van der Waals surface area contributed by atoms with Gasteiger partial charge in [-0.3, -0.25) is 9.59 Å². The van der Waals surface area contributed by atoms with E-state index in [9.17, 15) is 18.0 Å². The first kappa shape index (κ1) is 20.0. The largest absolute Gasteiger partial charge is 0.348 e. The van der Waals surface area contributed by atoms with Crippen LogP contribution in [0.4, 0.5) is 0 Å². The molecule has 2 aromatic rings. The number of nitrogens with two attached hydrogens (primary N) is 1. The summed E-state index contributed by atoms with van der Waals surface area (Å²) in [6.45, 7) is 1.91. The molecule has 8 heteroatoms. The molecule has 1 saturated heterocycles. The van der Waals surface area contributed by atoms with Crippen molar-refractivity contribution in [3.63, 3.8) is 0 Å². The number of amides is 2. The highest BCUT2D eigenvalue weighted by atomic mass is 32.2. The summed E-state index contributed by atoms with van der Waals surface area (Å²) in [4.78, 5) is 26.5. The van der Waals surface area contributed by atoms with Crippen LogP contribution in [0, 0.1) is 0 Å². The van der Waals surface area contributed by atoms with E-state index in [1.807, 2.05) is 17.0 Å². The molecule has 0 saturated carbocycles. The van der Waals surface area contributed by atoms with E-state index in [4.69, 9.17) is 5.14 Å². The first-order chi connectivity index (χ1) is 13.3. The molecule has 0 aromatic heterocycles. The predicted molar refractivity (Wildman–Crippen MR) is 105 cm³/mol. The number of hydrogen-bond donors (Lipinski definition) is 2. The summed E-state index contributed by atoms with van der Waals surface area (Å²) in [5.41, 5.74) is 1.85. The van der Waals surface area contributed by atoms with Crippen LogP contribution in [-0.2, 0) is 16.6 Å². The van der Waals surface area contributed by atoms with Crippen molar-refractivity contribution in [2.24, 2.45) is 5.14 Å². The quantitative estimate of drug-likeness (QED) is 0.797. The van der Waals surface area contributed by atoms with Gasteiger partial charge in [-0.15, -0.1) is 0 Å². The summed E-state index contributed by atoms with van der Waals surface area (Å²) in [5.74, 6) is -0.278. The zero-order valence-corrected chi connectivity index (χ0v) is 16.2. The Labute approximate surface area is 164 Å². The third kappa shape index (κ3) is 4.96. The summed E-state index contributed by atoms with van der Waals surface area (Å²) in [7, 11) is -3.78. The number of rotatable bonds is 5. The second-order valence-electron chi connectivity index (χ2n) is 6.80. The van der Waals surface area contributed by atoms with E-state index in [1.165, 1.54) is 30.7 Å². The van der Waals surface area contributed by atoms with Crippen LogP contribution < -0.4 is 10.5 Å². The molecule has 2 amide bonds. The third-order valence-electron chi connectivity index (χ3n) is 4.74. The number of likely N-dealkylation sites (tertiary alicyclic amines) is 1. The Morgan fingerprint density at radius 3 is 2.04 bits per heavy atom. The van der Waals surface area contributed by atoms with Gasteiger partial charge in [0.1, 0.15) is 0 Å². The minimum absolute atomic E-state index is 0.0435. The molecule has 3 rings (SSSR count). The van der Waals surface area contributed by atoms with Gasteiger partial charge in [-0.25, -0.2) is 13.6 Å². The molecule has 0 radical (unpaired) electrons. The lowest BCUT2D eigenvalue weighted by Crippen LogP contribution is -2.35. The maximum atomic E-state index is 12.5. The Morgan fingerprint density at radius 1 is 0.893 bits per heavy atom. The first-order valence-electron chi connectivity index (χ1n) is 9.14. The number of primary sulfonamides is 1. The summed E-state index contributed by atoms with van der Waals surface area (Å²) in [6, 6.07) is 12.6. The molecule has 148 valence electrons. The lowest BCUT2D eigenvalue weighted by molar-refractivity contribution is 0.0724. The van der Waals surface area contributed by atoms with Crippen LogP contribution in [0.15, 0.2) is 53.4 Å². The van der Waals surface area contributed by atoms with Crippen molar-refractivity contribution >= 4 is 21.8 Å². The molecule has 1 aliphatic rings. The lowest BCUT2D eigenvalue weighted by Gasteiger charge is -2.26. The fourth-order valence-electron chi connectivity index (χ4n) is 3.13. The van der Waals surface area contributed by atoms with Gasteiger partial charge in [-0.1, -0.05) is 12.1 Å². The fraction of sp³-hybridized carbons (Fsp3) is 0.300. The molecule has 0 spiro atoms. The summed E-state index contributed by atoms with van der Waals surface area (Å²) in [5, 5.41) is 7.81. The Hall–Kier alpha value is -2.71. The number of benzene rings is 2. The number of carbonyl (C=O) groups excluding carboxylic acids is 2. The molecule has 0 bridgehead atoms. The molecule has 0 aliphatic carbocycles. The molecule has 2 aromatic carbocycles. The van der Waals surface area contributed by atoms with Crippen molar-refractivity contribution in [2.75, 3.05) is 13.1 Å². The monoisotopic (exact) mass is 401 g/mol. The maximum Gasteiger partial charge on any atom is 0.253 e. The Morgan fingerprint density at radius 2 is 1.46 bits per heavy atom. The van der Waals surface area contributed by atoms with Crippen LogP contribution >= 0.6 is 0 Å². The average Bonchev–Trinajstić information content (AvgIpc) is 2.72. The van der Waals surface area contributed by atoms with Gasteiger partial charge < -0.3 is 10.2 Å². The molecule has 1 heterocycles. The summed E-state index contributed by atoms with van der Waals surface area (Å²) in [6.07, 6.45) is 3.27. The molecular formula is C20H23N3O4S. The smallest absolute Gasteiger partial charge is 0.253 e. The van der Waals surface area contributed by atoms with Crippen molar-refractivity contribution in [3.8, 4) is 0 Å². The first-order valence-corrected chi connectivity index (χ1v) is 10.7. The van der Waals surface area contributed by atoms with Crippen molar-refractivity contribution in [1.29, 1.82) is 0 Å². The van der Waals surface area contributed by atoms with E-state index in [0.29, 0.717) is 17.7 Å². The predicted octanol–water partition coefficient (Wildman–Crippen LogP) is 1.89. The molecule has 28 heavy (non-hydrogen) atoms. The van der Waals surface area contributed by atoms with Gasteiger partial charge in [0.2, 0.25) is 10.0 Å². The standard InChI is InChI=1S/C20H23N3O4S/c21-28(26,27)18-10-8-16(9-11-18)19(24)22-14-15-4-6-17(7-5-15)20(25)23-12-2-1-3-13-23/h4-11H,1-3,12-14H2,(H,22,24)(H2,21,26,27). The zero-order valence-electron chi connectivity index (χ0n) is 15.4. The van der Waals surface area contributed by atoms with E-state index in [1.54, 1.807) is 12.1 Å². The number of nitrogens with zero attached hydrogens (tertiary/aromatic N) is 1. The van der Waals surface area contributed by atoms with Gasteiger partial charge in [-0.2, -0.15) is 0 Å². The molecule has 1 aliphatic heterocycles. The summed E-state index contributed by atoms with van der Waals surface area (Å²) >= 11 is 0. The molecule has 0 atom stereocenters. The van der Waals surface area contributed by atoms with Crippen LogP contribution in [0.5, 0.6) is 0 Å². The average molecular weight is 401 g/mol. The number of hydrogen-bond acceptors (Lipinski definition) is 4. The van der Waals surface area contributed by atoms with Crippen LogP contribution in [0.25, 0.3) is 0 Å².